The first kappa shape index (κ1) is 33.0. The van der Waals surface area contributed by atoms with Crippen LogP contribution in [0.2, 0.25) is 0 Å². The number of hydrogen-bond donors (Lipinski definition) is 0. The number of anilines is 6. The number of sulfone groups is 1. The van der Waals surface area contributed by atoms with Crippen molar-refractivity contribution in [3.05, 3.63) is 146 Å². The summed E-state index contributed by atoms with van der Waals surface area (Å²) in [6.07, 6.45) is 0. The molecule has 6 rings (SSSR count). The molecular formula is C40H36N2O6S. The summed E-state index contributed by atoms with van der Waals surface area (Å²) in [7, 11) is 2.68. The zero-order valence-electron chi connectivity index (χ0n) is 27.6. The van der Waals surface area contributed by atoms with E-state index in [0.717, 1.165) is 57.1 Å². The van der Waals surface area contributed by atoms with Crippen molar-refractivity contribution in [1.82, 2.24) is 0 Å². The van der Waals surface area contributed by atoms with Crippen LogP contribution in [0.1, 0.15) is 0 Å². The van der Waals surface area contributed by atoms with Crippen LogP contribution in [0.4, 0.5) is 34.1 Å². The molecule has 248 valence electrons. The third-order valence-electron chi connectivity index (χ3n) is 8.13. The number of benzene rings is 6. The van der Waals surface area contributed by atoms with Gasteiger partial charge in [0.25, 0.3) is 0 Å². The maximum atomic E-state index is 13.9. The first-order valence-corrected chi connectivity index (χ1v) is 16.9. The second kappa shape index (κ2) is 14.5. The van der Waals surface area contributed by atoms with E-state index in [1.165, 1.54) is 0 Å². The molecule has 0 saturated carbocycles. The Kier molecular flexibility index (Phi) is 9.73. The predicted octanol–water partition coefficient (Wildman–Crippen LogP) is 9.49. The van der Waals surface area contributed by atoms with Crippen molar-refractivity contribution in [2.75, 3.05) is 38.2 Å². The van der Waals surface area contributed by atoms with Gasteiger partial charge in [0.15, 0.2) is 0 Å². The summed E-state index contributed by atoms with van der Waals surface area (Å²) in [4.78, 5) is 4.46. The fourth-order valence-corrected chi connectivity index (χ4v) is 6.77. The van der Waals surface area contributed by atoms with Crippen molar-refractivity contribution in [3.8, 4) is 23.0 Å². The third kappa shape index (κ3) is 7.02. The van der Waals surface area contributed by atoms with Crippen molar-refractivity contribution >= 4 is 44.0 Å². The molecule has 0 saturated heterocycles. The van der Waals surface area contributed by atoms with E-state index in [1.54, 1.807) is 52.7 Å². The second-order valence-electron chi connectivity index (χ2n) is 11.0. The van der Waals surface area contributed by atoms with Gasteiger partial charge in [-0.15, -0.1) is 0 Å². The van der Waals surface area contributed by atoms with Gasteiger partial charge in [0.2, 0.25) is 9.84 Å². The molecule has 0 N–H and O–H groups in total. The van der Waals surface area contributed by atoms with Gasteiger partial charge in [-0.05, 0) is 146 Å². The Morgan fingerprint density at radius 2 is 0.510 bits per heavy atom. The van der Waals surface area contributed by atoms with E-state index in [1.807, 2.05) is 131 Å². The number of hydrogen-bond acceptors (Lipinski definition) is 8. The highest BCUT2D eigenvalue weighted by molar-refractivity contribution is 7.91. The van der Waals surface area contributed by atoms with Crippen LogP contribution in [0.25, 0.3) is 0 Å². The summed E-state index contributed by atoms with van der Waals surface area (Å²) < 4.78 is 49.2. The standard InChI is InChI=1S/C40H36N2O6S/c1-45-35-17-5-29(6-18-35)41(30-7-19-36(46-2)20-8-30)33-13-25-39(26-14-33)49(43,44)40-27-15-34(16-28-40)42(31-9-21-37(47-3)22-10-31)32-11-23-38(48-4)24-12-32/h5-28H,1-4H3. The summed E-state index contributed by atoms with van der Waals surface area (Å²) in [6.45, 7) is 0. The van der Waals surface area contributed by atoms with Gasteiger partial charge in [0.05, 0.1) is 38.2 Å². The lowest BCUT2D eigenvalue weighted by Gasteiger charge is -2.26. The van der Waals surface area contributed by atoms with Crippen molar-refractivity contribution in [2.24, 2.45) is 0 Å². The molecular weight excluding hydrogens is 637 g/mol. The highest BCUT2D eigenvalue weighted by Crippen LogP contribution is 2.39. The van der Waals surface area contributed by atoms with Crippen LogP contribution in [0, 0.1) is 0 Å². The third-order valence-corrected chi connectivity index (χ3v) is 9.92. The van der Waals surface area contributed by atoms with E-state index in [2.05, 4.69) is 0 Å². The van der Waals surface area contributed by atoms with E-state index in [4.69, 9.17) is 18.9 Å². The Labute approximate surface area is 287 Å². The Morgan fingerprint density at radius 1 is 0.327 bits per heavy atom. The Balaban J connectivity index is 1.31. The number of rotatable bonds is 12. The zero-order valence-corrected chi connectivity index (χ0v) is 28.4. The number of nitrogens with zero attached hydrogens (tertiary/aromatic N) is 2. The summed E-state index contributed by atoms with van der Waals surface area (Å²) in [5, 5.41) is 0. The van der Waals surface area contributed by atoms with Gasteiger partial charge in [-0.2, -0.15) is 0 Å². The molecule has 0 fully saturated rings. The molecule has 0 aromatic heterocycles. The molecule has 0 aliphatic carbocycles. The van der Waals surface area contributed by atoms with Gasteiger partial charge in [-0.25, -0.2) is 8.42 Å². The summed E-state index contributed by atoms with van der Waals surface area (Å²) in [5.74, 6) is 2.95. The van der Waals surface area contributed by atoms with Crippen molar-refractivity contribution in [3.63, 3.8) is 0 Å². The highest BCUT2D eigenvalue weighted by atomic mass is 32.2. The highest BCUT2D eigenvalue weighted by Gasteiger charge is 2.21. The van der Waals surface area contributed by atoms with E-state index in [9.17, 15) is 8.42 Å². The SMILES string of the molecule is COc1ccc(N(c2ccc(OC)cc2)c2ccc(S(=O)(=O)c3ccc(N(c4ccc(OC)cc4)c4ccc(OC)cc4)cc3)cc2)cc1. The molecule has 49 heavy (non-hydrogen) atoms. The van der Waals surface area contributed by atoms with Gasteiger partial charge in [0.1, 0.15) is 23.0 Å². The molecule has 0 radical (unpaired) electrons. The van der Waals surface area contributed by atoms with Gasteiger partial charge < -0.3 is 28.7 Å². The topological polar surface area (TPSA) is 77.5 Å². The molecule has 0 atom stereocenters. The minimum absolute atomic E-state index is 0.190. The Bertz CT molecular complexity index is 1840. The quantitative estimate of drug-likeness (QED) is 0.127. The Morgan fingerprint density at radius 3 is 0.694 bits per heavy atom. The molecule has 6 aromatic rings. The average molecular weight is 673 g/mol. The summed E-state index contributed by atoms with van der Waals surface area (Å²) >= 11 is 0. The largest absolute Gasteiger partial charge is 0.497 e. The van der Waals surface area contributed by atoms with Crippen LogP contribution >= 0.6 is 0 Å². The average Bonchev–Trinajstić information content (AvgIpc) is 3.16. The molecule has 0 unspecified atom stereocenters. The molecule has 6 aromatic carbocycles. The first-order chi connectivity index (χ1) is 23.8. The van der Waals surface area contributed by atoms with Crippen LogP contribution in [0.15, 0.2) is 155 Å². The maximum Gasteiger partial charge on any atom is 0.206 e. The lowest BCUT2D eigenvalue weighted by Crippen LogP contribution is -2.11. The molecule has 9 heteroatoms. The van der Waals surface area contributed by atoms with Crippen LogP contribution in [0.3, 0.4) is 0 Å². The smallest absolute Gasteiger partial charge is 0.206 e. The fraction of sp³-hybridized carbons (Fsp3) is 0.100. The molecule has 0 bridgehead atoms. The minimum atomic E-state index is -3.82. The van der Waals surface area contributed by atoms with Gasteiger partial charge >= 0.3 is 0 Å². The lowest BCUT2D eigenvalue weighted by atomic mass is 10.2. The van der Waals surface area contributed by atoms with Gasteiger partial charge in [0, 0.05) is 34.1 Å². The van der Waals surface area contributed by atoms with Crippen LogP contribution in [-0.2, 0) is 9.84 Å². The van der Waals surface area contributed by atoms with E-state index in [0.29, 0.717) is 0 Å². The molecule has 0 aliphatic rings. The lowest BCUT2D eigenvalue weighted by molar-refractivity contribution is 0.414. The zero-order chi connectivity index (χ0) is 34.4. The molecule has 0 spiro atoms. The normalized spacial score (nSPS) is 11.0. The molecule has 8 nitrogen and oxygen atoms in total. The molecule has 0 amide bonds. The number of methoxy groups -OCH3 is 4. The van der Waals surface area contributed by atoms with Crippen molar-refractivity contribution < 1.29 is 27.4 Å². The van der Waals surface area contributed by atoms with Crippen molar-refractivity contribution in [1.29, 1.82) is 0 Å². The van der Waals surface area contributed by atoms with E-state index < -0.39 is 9.84 Å². The molecule has 0 heterocycles. The minimum Gasteiger partial charge on any atom is -0.497 e. The van der Waals surface area contributed by atoms with Gasteiger partial charge in [-0.3, -0.25) is 0 Å². The van der Waals surface area contributed by atoms with Gasteiger partial charge in [-0.1, -0.05) is 0 Å². The van der Waals surface area contributed by atoms with Crippen molar-refractivity contribution in [2.45, 2.75) is 9.79 Å². The second-order valence-corrected chi connectivity index (χ2v) is 12.9. The monoisotopic (exact) mass is 672 g/mol. The summed E-state index contributed by atoms with van der Waals surface area (Å²) in [5.41, 5.74) is 5.12. The van der Waals surface area contributed by atoms with Crippen LogP contribution < -0.4 is 28.7 Å². The number of ether oxygens (including phenoxy) is 4. The van der Waals surface area contributed by atoms with E-state index >= 15 is 0 Å². The maximum absolute atomic E-state index is 13.9. The van der Waals surface area contributed by atoms with E-state index in [-0.39, 0.29) is 9.79 Å². The van der Waals surface area contributed by atoms with Crippen LogP contribution in [0.5, 0.6) is 23.0 Å². The Hall–Kier alpha value is -5.93. The fourth-order valence-electron chi connectivity index (χ4n) is 5.50. The van der Waals surface area contributed by atoms with Crippen LogP contribution in [-0.4, -0.2) is 36.9 Å². The predicted molar refractivity (Wildman–Crippen MR) is 194 cm³/mol. The first-order valence-electron chi connectivity index (χ1n) is 15.5. The summed E-state index contributed by atoms with van der Waals surface area (Å²) in [6, 6.07) is 44.5. The molecule has 0 aliphatic heterocycles.